The average Bonchev–Trinajstić information content (AvgIpc) is 2.76. The van der Waals surface area contributed by atoms with Gasteiger partial charge in [0.1, 0.15) is 5.82 Å². The molecule has 31 heavy (non-hydrogen) atoms. The molecule has 1 aliphatic heterocycles. The first-order chi connectivity index (χ1) is 15.0. The van der Waals surface area contributed by atoms with Crippen LogP contribution in [0.1, 0.15) is 30.7 Å². The Morgan fingerprint density at radius 1 is 1.03 bits per heavy atom. The Kier molecular flexibility index (Phi) is 4.53. The normalized spacial score (nSPS) is 19.4. The second-order valence-electron chi connectivity index (χ2n) is 8.37. The van der Waals surface area contributed by atoms with Gasteiger partial charge in [0.25, 0.3) is 0 Å². The van der Waals surface area contributed by atoms with E-state index in [0.717, 1.165) is 45.6 Å². The van der Waals surface area contributed by atoms with Crippen LogP contribution in [0.4, 0.5) is 0 Å². The van der Waals surface area contributed by atoms with Crippen LogP contribution in [-0.4, -0.2) is 29.9 Å². The van der Waals surface area contributed by atoms with Crippen molar-refractivity contribution in [2.24, 2.45) is 5.73 Å². The molecular formula is C26H24N4O. The van der Waals surface area contributed by atoms with E-state index in [-0.39, 0.29) is 5.78 Å². The lowest BCUT2D eigenvalue weighted by Crippen LogP contribution is -2.45. The summed E-state index contributed by atoms with van der Waals surface area (Å²) in [5.41, 5.74) is 9.66. The molecule has 0 radical (unpaired) electrons. The Balaban J connectivity index is 1.93. The van der Waals surface area contributed by atoms with Crippen LogP contribution >= 0.6 is 0 Å². The fraction of sp³-hybridized carbons (Fsp3) is 0.231. The van der Waals surface area contributed by atoms with E-state index in [9.17, 15) is 10.1 Å². The Bertz CT molecular complexity index is 1290. The number of ketones is 1. The SMILES string of the molecule is CN(C)N1C(N)=C(C#N)C(c2c3ccccc3cc3ccccc23)C2=C1CCCC2=O. The number of fused-ring (bicyclic) bond motifs is 2. The highest BCUT2D eigenvalue weighted by Crippen LogP contribution is 2.48. The molecule has 1 heterocycles. The number of nitriles is 1. The summed E-state index contributed by atoms with van der Waals surface area (Å²) < 4.78 is 0. The maximum absolute atomic E-state index is 13.3. The van der Waals surface area contributed by atoms with Crippen molar-refractivity contribution in [1.82, 2.24) is 10.0 Å². The van der Waals surface area contributed by atoms with Crippen LogP contribution < -0.4 is 5.73 Å². The van der Waals surface area contributed by atoms with E-state index in [1.54, 1.807) is 0 Å². The van der Waals surface area contributed by atoms with Crippen molar-refractivity contribution in [3.63, 3.8) is 0 Å². The highest BCUT2D eigenvalue weighted by Gasteiger charge is 2.41. The number of rotatable bonds is 2. The fourth-order valence-electron chi connectivity index (χ4n) is 5.17. The van der Waals surface area contributed by atoms with Gasteiger partial charge in [-0.3, -0.25) is 9.80 Å². The number of nitrogens with zero attached hydrogens (tertiary/aromatic N) is 3. The van der Waals surface area contributed by atoms with Gasteiger partial charge in [-0.15, -0.1) is 0 Å². The van der Waals surface area contributed by atoms with E-state index >= 15 is 0 Å². The molecule has 0 amide bonds. The van der Waals surface area contributed by atoms with Crippen molar-refractivity contribution in [1.29, 1.82) is 5.26 Å². The van der Waals surface area contributed by atoms with Gasteiger partial charge < -0.3 is 5.73 Å². The van der Waals surface area contributed by atoms with Gasteiger partial charge in [0.15, 0.2) is 5.78 Å². The summed E-state index contributed by atoms with van der Waals surface area (Å²) in [5.74, 6) is 0.0401. The van der Waals surface area contributed by atoms with Gasteiger partial charge in [0.05, 0.1) is 17.6 Å². The molecule has 0 fully saturated rings. The Hall–Kier alpha value is -3.62. The van der Waals surface area contributed by atoms with E-state index in [1.165, 1.54) is 0 Å². The predicted molar refractivity (Wildman–Crippen MR) is 122 cm³/mol. The third kappa shape index (κ3) is 2.83. The molecule has 2 N–H and O–H groups in total. The fourth-order valence-corrected chi connectivity index (χ4v) is 5.17. The highest BCUT2D eigenvalue weighted by molar-refractivity contribution is 6.07. The second-order valence-corrected chi connectivity index (χ2v) is 8.37. The number of hydrogen-bond donors (Lipinski definition) is 1. The van der Waals surface area contributed by atoms with Crippen LogP contribution in [0.3, 0.4) is 0 Å². The summed E-state index contributed by atoms with van der Waals surface area (Å²) in [4.78, 5) is 13.3. The summed E-state index contributed by atoms with van der Waals surface area (Å²) in [5, 5.41) is 18.2. The summed E-state index contributed by atoms with van der Waals surface area (Å²) >= 11 is 0. The molecule has 1 aliphatic carbocycles. The van der Waals surface area contributed by atoms with E-state index in [1.807, 2.05) is 48.4 Å². The smallest absolute Gasteiger partial charge is 0.161 e. The molecule has 2 aliphatic rings. The van der Waals surface area contributed by atoms with Crippen molar-refractivity contribution in [2.75, 3.05) is 14.1 Å². The van der Waals surface area contributed by atoms with E-state index < -0.39 is 5.92 Å². The molecule has 5 rings (SSSR count). The summed E-state index contributed by atoms with van der Waals surface area (Å²) in [7, 11) is 3.78. The molecule has 0 spiro atoms. The molecular weight excluding hydrogens is 384 g/mol. The number of benzene rings is 3. The molecule has 0 bridgehead atoms. The minimum Gasteiger partial charge on any atom is -0.383 e. The minimum absolute atomic E-state index is 0.107. The number of carbonyl (C=O) groups is 1. The van der Waals surface area contributed by atoms with E-state index in [2.05, 4.69) is 36.4 Å². The van der Waals surface area contributed by atoms with Gasteiger partial charge in [-0.25, -0.2) is 5.01 Å². The lowest BCUT2D eigenvalue weighted by Gasteiger charge is -2.42. The number of hydrazine groups is 1. The zero-order valence-corrected chi connectivity index (χ0v) is 17.7. The molecule has 154 valence electrons. The molecule has 1 atom stereocenters. The van der Waals surface area contributed by atoms with Crippen molar-refractivity contribution in [3.8, 4) is 6.07 Å². The Morgan fingerprint density at radius 2 is 1.65 bits per heavy atom. The Morgan fingerprint density at radius 3 is 2.23 bits per heavy atom. The quantitative estimate of drug-likeness (QED) is 0.629. The predicted octanol–water partition coefficient (Wildman–Crippen LogP) is 4.57. The molecule has 3 aromatic rings. The maximum atomic E-state index is 13.3. The molecule has 0 saturated carbocycles. The van der Waals surface area contributed by atoms with E-state index in [4.69, 9.17) is 5.73 Å². The first-order valence-electron chi connectivity index (χ1n) is 10.6. The molecule has 3 aromatic carbocycles. The second kappa shape index (κ2) is 7.26. The molecule has 5 heteroatoms. The summed E-state index contributed by atoms with van der Waals surface area (Å²) in [6, 6.07) is 20.9. The lowest BCUT2D eigenvalue weighted by molar-refractivity contribution is -0.116. The van der Waals surface area contributed by atoms with Crippen molar-refractivity contribution in [3.05, 3.63) is 82.8 Å². The van der Waals surface area contributed by atoms with Crippen LogP contribution in [0, 0.1) is 11.3 Å². The highest BCUT2D eigenvalue weighted by atomic mass is 16.1. The van der Waals surface area contributed by atoms with Gasteiger partial charge in [0, 0.05) is 31.8 Å². The minimum atomic E-state index is -0.472. The monoisotopic (exact) mass is 408 g/mol. The topological polar surface area (TPSA) is 73.4 Å². The number of allylic oxidation sites excluding steroid dienone is 3. The number of carbonyl (C=O) groups excluding carboxylic acids is 1. The van der Waals surface area contributed by atoms with Crippen LogP contribution in [0.2, 0.25) is 0 Å². The van der Waals surface area contributed by atoms with Crippen LogP contribution in [0.25, 0.3) is 21.5 Å². The molecule has 0 saturated heterocycles. The molecule has 1 unspecified atom stereocenters. The first-order valence-corrected chi connectivity index (χ1v) is 10.6. The molecule has 5 nitrogen and oxygen atoms in total. The first kappa shape index (κ1) is 19.3. The maximum Gasteiger partial charge on any atom is 0.161 e. The zero-order valence-electron chi connectivity index (χ0n) is 17.7. The number of hydrogen-bond acceptors (Lipinski definition) is 5. The van der Waals surface area contributed by atoms with Crippen molar-refractivity contribution in [2.45, 2.75) is 25.2 Å². The van der Waals surface area contributed by atoms with Gasteiger partial charge in [-0.05, 0) is 46.0 Å². The van der Waals surface area contributed by atoms with E-state index in [0.29, 0.717) is 23.4 Å². The Labute approximate surface area is 181 Å². The average molecular weight is 409 g/mol. The van der Waals surface area contributed by atoms with Crippen LogP contribution in [-0.2, 0) is 4.79 Å². The largest absolute Gasteiger partial charge is 0.383 e. The third-order valence-electron chi connectivity index (χ3n) is 6.39. The van der Waals surface area contributed by atoms with Gasteiger partial charge in [-0.1, -0.05) is 48.5 Å². The summed E-state index contributed by atoms with van der Waals surface area (Å²) in [6.07, 6.45) is 2.05. The standard InChI is InChI=1S/C26H24N4O/c1-29(2)30-21-12-7-13-22(31)25(21)24(20(15-27)26(30)28)23-18-10-5-3-8-16(18)14-17-9-4-6-11-19(17)23/h3-6,8-11,14,24H,7,12-13,28H2,1-2H3. The van der Waals surface area contributed by atoms with Gasteiger partial charge in [0.2, 0.25) is 0 Å². The van der Waals surface area contributed by atoms with Crippen LogP contribution in [0.15, 0.2) is 77.3 Å². The molecule has 0 aromatic heterocycles. The number of Topliss-reactive ketones (excluding diaryl/α,β-unsaturated/α-hetero) is 1. The van der Waals surface area contributed by atoms with Crippen LogP contribution in [0.5, 0.6) is 0 Å². The van der Waals surface area contributed by atoms with Crippen molar-refractivity contribution < 1.29 is 4.79 Å². The van der Waals surface area contributed by atoms with Crippen molar-refractivity contribution >= 4 is 27.3 Å². The third-order valence-corrected chi connectivity index (χ3v) is 6.39. The van der Waals surface area contributed by atoms with Gasteiger partial charge in [-0.2, -0.15) is 5.26 Å². The summed E-state index contributed by atoms with van der Waals surface area (Å²) in [6.45, 7) is 0. The van der Waals surface area contributed by atoms with Gasteiger partial charge >= 0.3 is 0 Å². The zero-order chi connectivity index (χ0) is 21.7. The lowest BCUT2D eigenvalue weighted by atomic mass is 9.73. The number of nitrogens with two attached hydrogens (primary N) is 1.